The molecule has 1 fully saturated rings. The van der Waals surface area contributed by atoms with E-state index in [4.69, 9.17) is 0 Å². The Morgan fingerprint density at radius 3 is 2.60 bits per heavy atom. The average Bonchev–Trinajstić information content (AvgIpc) is 2.39. The SMILES string of the molecule is COC.Cc1ccc2c(c1)CCC1[C@@H](C)CCC[C@]21C. The first-order valence-corrected chi connectivity index (χ1v) is 8.03. The second kappa shape index (κ2) is 6.30. The maximum Gasteiger partial charge on any atom is 0.0351 e. The Kier molecular flexibility index (Phi) is 4.90. The van der Waals surface area contributed by atoms with E-state index in [0.717, 1.165) is 11.8 Å². The molecule has 1 unspecified atom stereocenters. The van der Waals surface area contributed by atoms with Gasteiger partial charge in [-0.3, -0.25) is 0 Å². The highest BCUT2D eigenvalue weighted by molar-refractivity contribution is 5.40. The van der Waals surface area contributed by atoms with Gasteiger partial charge >= 0.3 is 0 Å². The Morgan fingerprint density at radius 1 is 1.20 bits per heavy atom. The number of aryl methyl sites for hydroxylation is 2. The lowest BCUT2D eigenvalue weighted by molar-refractivity contribution is 0.118. The standard InChI is InChI=1S/C17H24.C2H6O/c1-12-6-8-16-14(11-12)7-9-15-13(2)5-4-10-17(15,16)3;1-3-2/h6,8,11,13,15H,4-5,7,9-10H2,1-3H3;1-2H3/t13-,15?,17-;/m0./s1. The summed E-state index contributed by atoms with van der Waals surface area (Å²) < 4.78 is 4.25. The van der Waals surface area contributed by atoms with E-state index < -0.39 is 0 Å². The number of ether oxygens (including phenoxy) is 1. The summed E-state index contributed by atoms with van der Waals surface area (Å²) in [6, 6.07) is 7.16. The summed E-state index contributed by atoms with van der Waals surface area (Å²) >= 11 is 0. The normalized spacial score (nSPS) is 31.6. The smallest absolute Gasteiger partial charge is 0.0351 e. The topological polar surface area (TPSA) is 9.23 Å². The van der Waals surface area contributed by atoms with Crippen molar-refractivity contribution in [1.82, 2.24) is 0 Å². The summed E-state index contributed by atoms with van der Waals surface area (Å²) in [6.07, 6.45) is 6.98. The largest absolute Gasteiger partial charge is 0.388 e. The molecular weight excluding hydrogens is 244 g/mol. The molecule has 0 saturated heterocycles. The third-order valence-corrected chi connectivity index (χ3v) is 5.46. The number of benzene rings is 1. The molecule has 0 bridgehead atoms. The van der Waals surface area contributed by atoms with Crippen molar-refractivity contribution in [3.8, 4) is 0 Å². The maximum atomic E-state index is 4.25. The summed E-state index contributed by atoms with van der Waals surface area (Å²) in [5, 5.41) is 0. The number of hydrogen-bond donors (Lipinski definition) is 0. The van der Waals surface area contributed by atoms with Crippen LogP contribution in [-0.4, -0.2) is 14.2 Å². The van der Waals surface area contributed by atoms with Gasteiger partial charge in [-0.15, -0.1) is 0 Å². The van der Waals surface area contributed by atoms with Gasteiger partial charge in [0.05, 0.1) is 0 Å². The fourth-order valence-corrected chi connectivity index (χ4v) is 4.54. The van der Waals surface area contributed by atoms with Gasteiger partial charge in [-0.2, -0.15) is 0 Å². The van der Waals surface area contributed by atoms with Crippen molar-refractivity contribution in [3.63, 3.8) is 0 Å². The van der Waals surface area contributed by atoms with E-state index in [1.807, 2.05) is 0 Å². The van der Waals surface area contributed by atoms with Crippen molar-refractivity contribution >= 4 is 0 Å². The first-order chi connectivity index (χ1) is 9.52. The molecule has 2 aliphatic rings. The van der Waals surface area contributed by atoms with Crippen molar-refractivity contribution in [2.24, 2.45) is 11.8 Å². The molecule has 0 aromatic heterocycles. The van der Waals surface area contributed by atoms with Crippen LogP contribution in [0, 0.1) is 18.8 Å². The molecular formula is C19H30O. The van der Waals surface area contributed by atoms with E-state index >= 15 is 0 Å². The third kappa shape index (κ3) is 2.79. The number of hydrogen-bond acceptors (Lipinski definition) is 1. The molecule has 0 N–H and O–H groups in total. The maximum absolute atomic E-state index is 4.25. The van der Waals surface area contributed by atoms with Gasteiger partial charge < -0.3 is 4.74 Å². The summed E-state index contributed by atoms with van der Waals surface area (Å²) in [4.78, 5) is 0. The van der Waals surface area contributed by atoms with E-state index in [1.165, 1.54) is 37.7 Å². The fourth-order valence-electron chi connectivity index (χ4n) is 4.54. The minimum atomic E-state index is 0.471. The van der Waals surface area contributed by atoms with Crippen LogP contribution in [0.3, 0.4) is 0 Å². The Hall–Kier alpha value is -0.820. The second-order valence-electron chi connectivity index (χ2n) is 7.00. The molecule has 0 amide bonds. The Morgan fingerprint density at radius 2 is 1.90 bits per heavy atom. The van der Waals surface area contributed by atoms with Gasteiger partial charge in [0, 0.05) is 14.2 Å². The van der Waals surface area contributed by atoms with Crippen LogP contribution >= 0.6 is 0 Å². The lowest BCUT2D eigenvalue weighted by Crippen LogP contribution is -2.43. The lowest BCUT2D eigenvalue weighted by atomic mass is 9.55. The van der Waals surface area contributed by atoms with Crippen molar-refractivity contribution in [1.29, 1.82) is 0 Å². The third-order valence-electron chi connectivity index (χ3n) is 5.46. The van der Waals surface area contributed by atoms with Gasteiger partial charge in [0.15, 0.2) is 0 Å². The van der Waals surface area contributed by atoms with Crippen molar-refractivity contribution < 1.29 is 4.74 Å². The Bertz CT molecular complexity index is 451. The quantitative estimate of drug-likeness (QED) is 0.654. The molecule has 3 atom stereocenters. The Labute approximate surface area is 124 Å². The molecule has 0 radical (unpaired) electrons. The van der Waals surface area contributed by atoms with Crippen LogP contribution < -0.4 is 0 Å². The van der Waals surface area contributed by atoms with Crippen molar-refractivity contribution in [2.45, 2.75) is 58.3 Å². The molecule has 1 aromatic carbocycles. The zero-order valence-corrected chi connectivity index (χ0v) is 13.8. The second-order valence-corrected chi connectivity index (χ2v) is 7.00. The van der Waals surface area contributed by atoms with E-state index in [2.05, 4.69) is 43.7 Å². The molecule has 112 valence electrons. The van der Waals surface area contributed by atoms with Crippen molar-refractivity contribution in [2.75, 3.05) is 14.2 Å². The summed E-state index contributed by atoms with van der Waals surface area (Å²) in [7, 11) is 3.25. The number of fused-ring (bicyclic) bond motifs is 3. The van der Waals surface area contributed by atoms with Crippen LogP contribution in [0.2, 0.25) is 0 Å². The minimum absolute atomic E-state index is 0.471. The van der Waals surface area contributed by atoms with E-state index in [0.29, 0.717) is 5.41 Å². The highest BCUT2D eigenvalue weighted by atomic mass is 16.4. The van der Waals surface area contributed by atoms with E-state index in [9.17, 15) is 0 Å². The van der Waals surface area contributed by atoms with E-state index in [1.54, 1.807) is 25.3 Å². The van der Waals surface area contributed by atoms with Crippen LogP contribution in [0.4, 0.5) is 0 Å². The summed E-state index contributed by atoms with van der Waals surface area (Å²) in [5.74, 6) is 1.84. The zero-order chi connectivity index (χ0) is 14.8. The lowest BCUT2D eigenvalue weighted by Gasteiger charge is -2.49. The van der Waals surface area contributed by atoms with Crippen LogP contribution in [-0.2, 0) is 16.6 Å². The van der Waals surface area contributed by atoms with Crippen LogP contribution in [0.1, 0.15) is 56.2 Å². The first-order valence-electron chi connectivity index (χ1n) is 8.03. The fraction of sp³-hybridized carbons (Fsp3) is 0.684. The molecule has 0 aliphatic heterocycles. The van der Waals surface area contributed by atoms with Gasteiger partial charge in [-0.05, 0) is 54.6 Å². The molecule has 20 heavy (non-hydrogen) atoms. The van der Waals surface area contributed by atoms with Gasteiger partial charge in [0.25, 0.3) is 0 Å². The molecule has 1 nitrogen and oxygen atoms in total. The van der Waals surface area contributed by atoms with Crippen LogP contribution in [0.25, 0.3) is 0 Å². The molecule has 0 heterocycles. The highest BCUT2D eigenvalue weighted by Crippen LogP contribution is 2.51. The van der Waals surface area contributed by atoms with Gasteiger partial charge in [0.2, 0.25) is 0 Å². The first kappa shape index (κ1) is 15.6. The van der Waals surface area contributed by atoms with Crippen LogP contribution in [0.15, 0.2) is 18.2 Å². The van der Waals surface area contributed by atoms with E-state index in [-0.39, 0.29) is 0 Å². The summed E-state index contributed by atoms with van der Waals surface area (Å²) in [5.41, 5.74) is 5.21. The number of methoxy groups -OCH3 is 1. The van der Waals surface area contributed by atoms with Gasteiger partial charge in [0.1, 0.15) is 0 Å². The average molecular weight is 274 g/mol. The monoisotopic (exact) mass is 274 g/mol. The molecule has 1 aromatic rings. The van der Waals surface area contributed by atoms with Gasteiger partial charge in [-0.1, -0.05) is 50.5 Å². The highest BCUT2D eigenvalue weighted by Gasteiger charge is 2.44. The summed E-state index contributed by atoms with van der Waals surface area (Å²) in [6.45, 7) is 7.22. The predicted octanol–water partition coefficient (Wildman–Crippen LogP) is 4.90. The van der Waals surface area contributed by atoms with Crippen LogP contribution in [0.5, 0.6) is 0 Å². The molecule has 2 aliphatic carbocycles. The predicted molar refractivity (Wildman–Crippen MR) is 86.3 cm³/mol. The zero-order valence-electron chi connectivity index (χ0n) is 13.8. The Balaban J connectivity index is 0.000000452. The molecule has 3 rings (SSSR count). The molecule has 0 spiro atoms. The van der Waals surface area contributed by atoms with Crippen molar-refractivity contribution in [3.05, 3.63) is 34.9 Å². The minimum Gasteiger partial charge on any atom is -0.388 e. The molecule has 1 saturated carbocycles. The van der Waals surface area contributed by atoms with Gasteiger partial charge in [-0.25, -0.2) is 0 Å². The molecule has 1 heteroatoms. The number of rotatable bonds is 0.